The molecule has 1 unspecified atom stereocenters. The standard InChI is InChI=1S/C11H9ClN2O2S/c12-7-4-10(15)14(5-7)11-13-8(6-17-11)9-2-1-3-16-9/h1-3,6-7H,4-5H2. The quantitative estimate of drug-likeness (QED) is 0.787. The Morgan fingerprint density at radius 3 is 3.12 bits per heavy atom. The van der Waals surface area contributed by atoms with E-state index in [-0.39, 0.29) is 11.3 Å². The van der Waals surface area contributed by atoms with Crippen LogP contribution in [0.25, 0.3) is 11.5 Å². The predicted molar refractivity (Wildman–Crippen MR) is 66.4 cm³/mol. The van der Waals surface area contributed by atoms with Crippen molar-refractivity contribution in [1.82, 2.24) is 4.98 Å². The van der Waals surface area contributed by atoms with Crippen LogP contribution in [-0.4, -0.2) is 22.8 Å². The summed E-state index contributed by atoms with van der Waals surface area (Å²) in [6.07, 6.45) is 1.99. The second kappa shape index (κ2) is 4.16. The highest BCUT2D eigenvalue weighted by Crippen LogP contribution is 2.31. The number of thiazole rings is 1. The van der Waals surface area contributed by atoms with Gasteiger partial charge in [-0.15, -0.1) is 22.9 Å². The summed E-state index contributed by atoms with van der Waals surface area (Å²) in [5.74, 6) is 0.743. The van der Waals surface area contributed by atoms with Crippen molar-refractivity contribution in [2.45, 2.75) is 11.8 Å². The number of anilines is 1. The molecule has 88 valence electrons. The zero-order valence-corrected chi connectivity index (χ0v) is 10.4. The van der Waals surface area contributed by atoms with Gasteiger partial charge in [0.2, 0.25) is 5.91 Å². The average molecular weight is 269 g/mol. The van der Waals surface area contributed by atoms with E-state index in [0.717, 1.165) is 5.69 Å². The lowest BCUT2D eigenvalue weighted by molar-refractivity contribution is -0.117. The smallest absolute Gasteiger partial charge is 0.230 e. The minimum absolute atomic E-state index is 0.0327. The van der Waals surface area contributed by atoms with Crippen molar-refractivity contribution in [3.05, 3.63) is 23.8 Å². The van der Waals surface area contributed by atoms with E-state index < -0.39 is 0 Å². The van der Waals surface area contributed by atoms with Crippen molar-refractivity contribution >= 4 is 34.0 Å². The monoisotopic (exact) mass is 268 g/mol. The Labute approximate surface area is 107 Å². The number of aromatic nitrogens is 1. The van der Waals surface area contributed by atoms with Gasteiger partial charge in [0.1, 0.15) is 5.69 Å². The number of hydrogen-bond acceptors (Lipinski definition) is 4. The Balaban J connectivity index is 1.88. The highest BCUT2D eigenvalue weighted by atomic mass is 35.5. The molecule has 0 saturated carbocycles. The summed E-state index contributed by atoms with van der Waals surface area (Å²) in [5, 5.41) is 2.45. The lowest BCUT2D eigenvalue weighted by Crippen LogP contribution is -2.24. The summed E-state index contributed by atoms with van der Waals surface area (Å²) in [4.78, 5) is 17.7. The largest absolute Gasteiger partial charge is 0.463 e. The maximum atomic E-state index is 11.7. The van der Waals surface area contributed by atoms with Crippen molar-refractivity contribution in [2.24, 2.45) is 0 Å². The summed E-state index contributed by atoms with van der Waals surface area (Å²) < 4.78 is 5.26. The van der Waals surface area contributed by atoms with Gasteiger partial charge in [-0.1, -0.05) is 0 Å². The van der Waals surface area contributed by atoms with Crippen molar-refractivity contribution in [3.63, 3.8) is 0 Å². The van der Waals surface area contributed by atoms with E-state index in [1.807, 2.05) is 17.5 Å². The van der Waals surface area contributed by atoms with Crippen LogP contribution >= 0.6 is 22.9 Å². The Morgan fingerprint density at radius 1 is 1.59 bits per heavy atom. The normalized spacial score (nSPS) is 20.2. The molecule has 1 atom stereocenters. The van der Waals surface area contributed by atoms with Gasteiger partial charge in [0.05, 0.1) is 11.6 Å². The SMILES string of the molecule is O=C1CC(Cl)CN1c1nc(-c2ccco2)cs1. The molecule has 3 heterocycles. The molecule has 0 aliphatic carbocycles. The summed E-state index contributed by atoms with van der Waals surface area (Å²) in [7, 11) is 0. The first-order valence-electron chi connectivity index (χ1n) is 5.18. The molecule has 0 bridgehead atoms. The molecule has 0 radical (unpaired) electrons. The lowest BCUT2D eigenvalue weighted by Gasteiger charge is -2.10. The minimum Gasteiger partial charge on any atom is -0.463 e. The van der Waals surface area contributed by atoms with E-state index >= 15 is 0 Å². The van der Waals surface area contributed by atoms with Gasteiger partial charge in [0.15, 0.2) is 10.9 Å². The van der Waals surface area contributed by atoms with Crippen LogP contribution < -0.4 is 4.90 Å². The number of hydrogen-bond donors (Lipinski definition) is 0. The summed E-state index contributed by atoms with van der Waals surface area (Å²) in [6, 6.07) is 3.65. The number of rotatable bonds is 2. The highest BCUT2D eigenvalue weighted by Gasteiger charge is 2.31. The van der Waals surface area contributed by atoms with Gasteiger partial charge in [0, 0.05) is 18.3 Å². The molecule has 1 aliphatic rings. The fraction of sp³-hybridized carbons (Fsp3) is 0.273. The van der Waals surface area contributed by atoms with Crippen LogP contribution in [-0.2, 0) is 4.79 Å². The van der Waals surface area contributed by atoms with Crippen LogP contribution in [0, 0.1) is 0 Å². The van der Waals surface area contributed by atoms with Gasteiger partial charge in [-0.25, -0.2) is 4.98 Å². The Bertz CT molecular complexity index is 537. The van der Waals surface area contributed by atoms with Crippen LogP contribution in [0.3, 0.4) is 0 Å². The van der Waals surface area contributed by atoms with Crippen LogP contribution in [0.4, 0.5) is 5.13 Å². The molecule has 1 fully saturated rings. The molecule has 1 amide bonds. The first kappa shape index (κ1) is 10.8. The third-order valence-corrected chi connectivity index (χ3v) is 3.73. The molecule has 2 aromatic heterocycles. The first-order valence-corrected chi connectivity index (χ1v) is 6.49. The van der Waals surface area contributed by atoms with Gasteiger partial charge in [0.25, 0.3) is 0 Å². The fourth-order valence-electron chi connectivity index (χ4n) is 1.77. The first-order chi connectivity index (χ1) is 8.24. The topological polar surface area (TPSA) is 46.3 Å². The van der Waals surface area contributed by atoms with E-state index in [2.05, 4.69) is 4.98 Å². The highest BCUT2D eigenvalue weighted by molar-refractivity contribution is 7.14. The summed E-state index contributed by atoms with van der Waals surface area (Å²) >= 11 is 7.38. The molecule has 1 aliphatic heterocycles. The Kier molecular flexibility index (Phi) is 2.64. The van der Waals surface area contributed by atoms with Crippen molar-refractivity contribution in [1.29, 1.82) is 0 Å². The van der Waals surface area contributed by atoms with Gasteiger partial charge >= 0.3 is 0 Å². The second-order valence-electron chi connectivity index (χ2n) is 3.80. The van der Waals surface area contributed by atoms with Crippen molar-refractivity contribution in [2.75, 3.05) is 11.4 Å². The van der Waals surface area contributed by atoms with Gasteiger partial charge in [-0.3, -0.25) is 9.69 Å². The zero-order valence-electron chi connectivity index (χ0n) is 8.80. The molecular weight excluding hydrogens is 260 g/mol. The molecule has 4 nitrogen and oxygen atoms in total. The van der Waals surface area contributed by atoms with Gasteiger partial charge in [-0.05, 0) is 12.1 Å². The number of carbonyl (C=O) groups excluding carboxylic acids is 1. The molecule has 0 N–H and O–H groups in total. The molecule has 1 saturated heterocycles. The predicted octanol–water partition coefficient (Wildman–Crippen LogP) is 2.75. The molecular formula is C11H9ClN2O2S. The number of nitrogens with zero attached hydrogens (tertiary/aromatic N) is 2. The van der Waals surface area contributed by atoms with E-state index in [4.69, 9.17) is 16.0 Å². The third kappa shape index (κ3) is 1.96. The molecule has 2 aromatic rings. The summed E-state index contributed by atoms with van der Waals surface area (Å²) in [5.41, 5.74) is 0.751. The number of carbonyl (C=O) groups is 1. The van der Waals surface area contributed by atoms with Crippen LogP contribution in [0.2, 0.25) is 0 Å². The van der Waals surface area contributed by atoms with Crippen LogP contribution in [0.5, 0.6) is 0 Å². The van der Waals surface area contributed by atoms with E-state index in [1.54, 1.807) is 11.2 Å². The van der Waals surface area contributed by atoms with Gasteiger partial charge in [-0.2, -0.15) is 0 Å². The van der Waals surface area contributed by atoms with Crippen molar-refractivity contribution < 1.29 is 9.21 Å². The van der Waals surface area contributed by atoms with Crippen LogP contribution in [0.1, 0.15) is 6.42 Å². The van der Waals surface area contributed by atoms with E-state index in [9.17, 15) is 4.79 Å². The van der Waals surface area contributed by atoms with Crippen molar-refractivity contribution in [3.8, 4) is 11.5 Å². The number of furan rings is 1. The maximum absolute atomic E-state index is 11.7. The molecule has 3 rings (SSSR count). The molecule has 0 spiro atoms. The summed E-state index contributed by atoms with van der Waals surface area (Å²) in [6.45, 7) is 0.533. The molecule has 0 aromatic carbocycles. The minimum atomic E-state index is -0.113. The van der Waals surface area contributed by atoms with E-state index in [0.29, 0.717) is 23.9 Å². The van der Waals surface area contributed by atoms with Gasteiger partial charge < -0.3 is 4.42 Å². The number of halogens is 1. The molecule has 6 heteroatoms. The van der Waals surface area contributed by atoms with Crippen LogP contribution in [0.15, 0.2) is 28.2 Å². The van der Waals surface area contributed by atoms with E-state index in [1.165, 1.54) is 11.3 Å². The zero-order chi connectivity index (χ0) is 11.8. The molecule has 17 heavy (non-hydrogen) atoms. The fourth-order valence-corrected chi connectivity index (χ4v) is 2.89. The third-order valence-electron chi connectivity index (χ3n) is 2.57. The average Bonchev–Trinajstić information content (AvgIpc) is 2.97. The second-order valence-corrected chi connectivity index (χ2v) is 5.25. The Morgan fingerprint density at radius 2 is 2.47 bits per heavy atom. The number of alkyl halides is 1. The number of amides is 1. The maximum Gasteiger partial charge on any atom is 0.230 e. The Hall–Kier alpha value is -1.33. The lowest BCUT2D eigenvalue weighted by atomic mass is 10.4.